The third-order valence-corrected chi connectivity index (χ3v) is 14.8. The van der Waals surface area contributed by atoms with Crippen molar-refractivity contribution in [2.45, 2.75) is 44.9 Å². The van der Waals surface area contributed by atoms with Crippen LogP contribution in [-0.4, -0.2) is 15.1 Å². The van der Waals surface area contributed by atoms with Gasteiger partial charge in [-0.05, 0) is 107 Å². The number of allylic oxidation sites excluding steroid dienone is 9. The third-order valence-electron chi connectivity index (χ3n) is 14.8. The van der Waals surface area contributed by atoms with Crippen molar-refractivity contribution in [2.24, 2.45) is 16.6 Å². The predicted octanol–water partition coefficient (Wildman–Crippen LogP) is 16.4. The highest BCUT2D eigenvalue weighted by Crippen LogP contribution is 2.43. The number of nitrogens with zero attached hydrogens (tertiary/aromatic N) is 3. The van der Waals surface area contributed by atoms with Gasteiger partial charge in [-0.15, -0.1) is 0 Å². The number of nitrogens with two attached hydrogens (primary N) is 1. The zero-order valence-corrected chi connectivity index (χ0v) is 39.2. The van der Waals surface area contributed by atoms with Crippen molar-refractivity contribution in [3.05, 3.63) is 246 Å². The molecular weight excluding hydrogens is 853 g/mol. The monoisotopic (exact) mass is 904 g/mol. The van der Waals surface area contributed by atoms with E-state index in [9.17, 15) is 0 Å². The van der Waals surface area contributed by atoms with E-state index in [0.717, 1.165) is 104 Å². The van der Waals surface area contributed by atoms with Gasteiger partial charge in [-0.2, -0.15) is 0 Å². The van der Waals surface area contributed by atoms with Crippen LogP contribution in [0.15, 0.2) is 239 Å². The molecule has 0 bridgehead atoms. The Labute approximate surface area is 407 Å². The van der Waals surface area contributed by atoms with Crippen LogP contribution >= 0.6 is 0 Å². The van der Waals surface area contributed by atoms with Gasteiger partial charge in [-0.1, -0.05) is 183 Å². The molecule has 2 N–H and O–H groups in total. The summed E-state index contributed by atoms with van der Waals surface area (Å²) in [6.45, 7) is 2.25. The number of aliphatic imine (C=N–C) groups is 1. The molecule has 13 rings (SSSR count). The van der Waals surface area contributed by atoms with Crippen LogP contribution in [-0.2, 0) is 6.42 Å². The van der Waals surface area contributed by atoms with Crippen molar-refractivity contribution in [1.29, 1.82) is 0 Å². The van der Waals surface area contributed by atoms with Gasteiger partial charge in [0, 0.05) is 44.3 Å². The molecule has 3 aliphatic rings. The van der Waals surface area contributed by atoms with E-state index >= 15 is 0 Å². The molecule has 7 aromatic carbocycles. The summed E-state index contributed by atoms with van der Waals surface area (Å²) in [7, 11) is 0. The van der Waals surface area contributed by atoms with Crippen LogP contribution < -0.4 is 5.73 Å². The molecule has 3 heterocycles. The Morgan fingerprint density at radius 1 is 0.643 bits per heavy atom. The summed E-state index contributed by atoms with van der Waals surface area (Å²) in [6, 6.07) is 58.8. The molecule has 0 fully saturated rings. The SMILES string of the molecule is CC(/C=C(\N=C(N)n1c2ccccc2c2c(-c3ccc4c(c3)c3ccccc3n4C3=CCCc4c3oc3ccccc43)cccc21)C1=CCC(C2=CCCC=C2)C=C1)c1ccc(-c2ccccc2)cc1. The van der Waals surface area contributed by atoms with E-state index < -0.39 is 0 Å². The second-order valence-corrected chi connectivity index (χ2v) is 19.0. The summed E-state index contributed by atoms with van der Waals surface area (Å²) in [5.74, 6) is 1.83. The minimum Gasteiger partial charge on any atom is -0.454 e. The first-order valence-corrected chi connectivity index (χ1v) is 24.8. The lowest BCUT2D eigenvalue weighted by atomic mass is 9.86. The highest BCUT2D eigenvalue weighted by atomic mass is 16.3. The average Bonchev–Trinajstić information content (AvgIpc) is 4.09. The van der Waals surface area contributed by atoms with E-state index in [1.54, 1.807) is 0 Å². The summed E-state index contributed by atoms with van der Waals surface area (Å²) < 4.78 is 11.2. The van der Waals surface area contributed by atoms with Crippen LogP contribution in [0, 0.1) is 5.92 Å². The van der Waals surface area contributed by atoms with Gasteiger partial charge < -0.3 is 14.7 Å². The summed E-state index contributed by atoms with van der Waals surface area (Å²) >= 11 is 0. The molecule has 3 aliphatic carbocycles. The quantitative estimate of drug-likeness (QED) is 0.122. The summed E-state index contributed by atoms with van der Waals surface area (Å²) in [5, 5.41) is 5.89. The smallest absolute Gasteiger partial charge is 0.205 e. The normalized spacial score (nSPS) is 16.8. The zero-order chi connectivity index (χ0) is 46.7. The number of aryl methyl sites for hydroxylation is 1. The second kappa shape index (κ2) is 17.3. The minimum atomic E-state index is 0.0770. The Morgan fingerprint density at radius 2 is 1.37 bits per heavy atom. The van der Waals surface area contributed by atoms with Gasteiger partial charge in [0.15, 0.2) is 5.76 Å². The molecule has 0 spiro atoms. The Kier molecular flexibility index (Phi) is 10.3. The van der Waals surface area contributed by atoms with E-state index in [4.69, 9.17) is 15.1 Å². The summed E-state index contributed by atoms with van der Waals surface area (Å²) in [5.41, 5.74) is 24.3. The molecule has 0 saturated heterocycles. The van der Waals surface area contributed by atoms with Crippen molar-refractivity contribution in [3.8, 4) is 22.3 Å². The van der Waals surface area contributed by atoms with E-state index in [1.165, 1.54) is 44.0 Å². The van der Waals surface area contributed by atoms with Gasteiger partial charge in [0.2, 0.25) is 5.96 Å². The highest BCUT2D eigenvalue weighted by Gasteiger charge is 2.26. The lowest BCUT2D eigenvalue weighted by Gasteiger charge is -2.20. The predicted molar refractivity (Wildman–Crippen MR) is 293 cm³/mol. The van der Waals surface area contributed by atoms with Gasteiger partial charge in [0.1, 0.15) is 5.58 Å². The van der Waals surface area contributed by atoms with Crippen LogP contribution in [0.25, 0.3) is 82.5 Å². The zero-order valence-electron chi connectivity index (χ0n) is 39.2. The van der Waals surface area contributed by atoms with Gasteiger partial charge in [0.05, 0.1) is 33.5 Å². The number of aromatic nitrogens is 2. The average molecular weight is 905 g/mol. The Bertz CT molecular complexity index is 3930. The summed E-state index contributed by atoms with van der Waals surface area (Å²) in [4.78, 5) is 5.42. The number of benzene rings is 7. The molecule has 338 valence electrons. The van der Waals surface area contributed by atoms with Gasteiger partial charge in [-0.3, -0.25) is 4.57 Å². The fourth-order valence-corrected chi connectivity index (χ4v) is 11.4. The van der Waals surface area contributed by atoms with Crippen molar-refractivity contribution >= 4 is 66.2 Å². The molecule has 2 unspecified atom stereocenters. The number of furan rings is 1. The van der Waals surface area contributed by atoms with E-state index in [2.05, 4.69) is 228 Å². The van der Waals surface area contributed by atoms with Gasteiger partial charge in [-0.25, -0.2) is 4.99 Å². The molecular formula is C65H52N4O. The lowest BCUT2D eigenvalue weighted by molar-refractivity contribution is 0.585. The maximum atomic E-state index is 7.37. The molecule has 70 heavy (non-hydrogen) atoms. The molecule has 0 aliphatic heterocycles. The Hall–Kier alpha value is -8.41. The molecule has 5 nitrogen and oxygen atoms in total. The minimum absolute atomic E-state index is 0.0770. The first-order valence-electron chi connectivity index (χ1n) is 24.8. The molecule has 0 radical (unpaired) electrons. The fraction of sp³-hybridized carbons (Fsp3) is 0.123. The maximum Gasteiger partial charge on any atom is 0.205 e. The number of rotatable bonds is 8. The van der Waals surface area contributed by atoms with E-state index in [1.807, 2.05) is 0 Å². The van der Waals surface area contributed by atoms with Crippen molar-refractivity contribution in [1.82, 2.24) is 9.13 Å². The number of para-hydroxylation sites is 3. The highest BCUT2D eigenvalue weighted by molar-refractivity contribution is 6.20. The third kappa shape index (κ3) is 7.11. The number of hydrogen-bond donors (Lipinski definition) is 1. The van der Waals surface area contributed by atoms with Crippen LogP contribution in [0.1, 0.15) is 55.4 Å². The second-order valence-electron chi connectivity index (χ2n) is 19.0. The topological polar surface area (TPSA) is 61.4 Å². The first-order chi connectivity index (χ1) is 34.6. The lowest BCUT2D eigenvalue weighted by Crippen LogP contribution is -2.22. The van der Waals surface area contributed by atoms with Crippen molar-refractivity contribution in [3.63, 3.8) is 0 Å². The van der Waals surface area contributed by atoms with E-state index in [-0.39, 0.29) is 5.92 Å². The number of fused-ring (bicyclic) bond motifs is 9. The van der Waals surface area contributed by atoms with Gasteiger partial charge in [0.25, 0.3) is 0 Å². The standard InChI is InChI=1S/C65H52N4O/c1-42(43-30-32-46(33-31-43)44-16-4-2-5-17-44)40-56(48-36-34-47(35-37-48)45-18-6-3-7-19-45)67-65(66)69-58-26-12-9-22-54(58)63-50(23-14-27-60(63)69)49-38-39-59-55(41-49)51-20-8-11-25-57(51)68(59)61-28-15-24-53-52-21-10-13-29-62(52)70-64(53)61/h2,4-6,8-14,16-23,25-34,36-42,47H,3,7,15,24,35H2,1H3,(H2,66,67)/b56-40-. The number of hydrogen-bond acceptors (Lipinski definition) is 2. The Morgan fingerprint density at radius 3 is 2.19 bits per heavy atom. The van der Waals surface area contributed by atoms with Crippen LogP contribution in [0.3, 0.4) is 0 Å². The Balaban J connectivity index is 0.919. The van der Waals surface area contributed by atoms with Crippen molar-refractivity contribution < 1.29 is 4.42 Å². The molecule has 3 aromatic heterocycles. The maximum absolute atomic E-state index is 7.37. The van der Waals surface area contributed by atoms with Crippen LogP contribution in [0.2, 0.25) is 0 Å². The molecule has 0 saturated carbocycles. The molecule has 2 atom stereocenters. The van der Waals surface area contributed by atoms with Gasteiger partial charge >= 0.3 is 0 Å². The first kappa shape index (κ1) is 41.8. The molecule has 5 heteroatoms. The van der Waals surface area contributed by atoms with Crippen LogP contribution in [0.5, 0.6) is 0 Å². The summed E-state index contributed by atoms with van der Waals surface area (Å²) in [6.07, 6.45) is 23.6. The van der Waals surface area contributed by atoms with E-state index in [0.29, 0.717) is 11.9 Å². The largest absolute Gasteiger partial charge is 0.454 e. The fourth-order valence-electron chi connectivity index (χ4n) is 11.4. The molecule has 10 aromatic rings. The van der Waals surface area contributed by atoms with Crippen molar-refractivity contribution in [2.75, 3.05) is 0 Å². The molecule has 0 amide bonds. The van der Waals surface area contributed by atoms with Crippen LogP contribution in [0.4, 0.5) is 0 Å².